The lowest BCUT2D eigenvalue weighted by atomic mass is 10.2. The molecule has 1 amide bonds. The summed E-state index contributed by atoms with van der Waals surface area (Å²) in [5, 5.41) is 2.82. The molecule has 0 bridgehead atoms. The SMILES string of the molecule is Cc1cccc(OCCCNC(=O)c2cccc(S(=O)(=O)N3CC(C)OC(C)C3)c2)c1. The van der Waals surface area contributed by atoms with Gasteiger partial charge in [-0.3, -0.25) is 4.79 Å². The minimum absolute atomic E-state index is 0.115. The molecule has 31 heavy (non-hydrogen) atoms. The molecule has 0 aromatic heterocycles. The normalized spacial score (nSPS) is 19.7. The van der Waals surface area contributed by atoms with Crippen molar-refractivity contribution in [1.82, 2.24) is 9.62 Å². The van der Waals surface area contributed by atoms with Gasteiger partial charge in [-0.1, -0.05) is 18.2 Å². The summed E-state index contributed by atoms with van der Waals surface area (Å²) in [6.45, 7) is 7.21. The third kappa shape index (κ3) is 6.29. The maximum Gasteiger partial charge on any atom is 0.251 e. The Labute approximate surface area is 184 Å². The highest BCUT2D eigenvalue weighted by Gasteiger charge is 2.32. The first-order valence-electron chi connectivity index (χ1n) is 10.5. The van der Waals surface area contributed by atoms with Gasteiger partial charge >= 0.3 is 0 Å². The zero-order valence-corrected chi connectivity index (χ0v) is 19.0. The summed E-state index contributed by atoms with van der Waals surface area (Å²) in [7, 11) is -3.69. The van der Waals surface area contributed by atoms with E-state index in [2.05, 4.69) is 5.32 Å². The van der Waals surface area contributed by atoms with Crippen LogP contribution in [0.4, 0.5) is 0 Å². The van der Waals surface area contributed by atoms with Crippen molar-refractivity contribution in [3.63, 3.8) is 0 Å². The molecule has 0 aliphatic carbocycles. The summed E-state index contributed by atoms with van der Waals surface area (Å²) in [5.74, 6) is 0.493. The summed E-state index contributed by atoms with van der Waals surface area (Å²) in [6.07, 6.45) is 0.292. The van der Waals surface area contributed by atoms with Crippen molar-refractivity contribution in [2.75, 3.05) is 26.2 Å². The Kier molecular flexibility index (Phi) is 7.69. The van der Waals surface area contributed by atoms with E-state index >= 15 is 0 Å². The molecule has 3 rings (SSSR count). The van der Waals surface area contributed by atoms with Crippen LogP contribution < -0.4 is 10.1 Å². The minimum Gasteiger partial charge on any atom is -0.494 e. The second kappa shape index (κ2) is 10.3. The Morgan fingerprint density at radius 2 is 1.84 bits per heavy atom. The summed E-state index contributed by atoms with van der Waals surface area (Å²) in [5.41, 5.74) is 1.44. The van der Waals surface area contributed by atoms with Crippen molar-refractivity contribution in [2.24, 2.45) is 0 Å². The van der Waals surface area contributed by atoms with Gasteiger partial charge in [0, 0.05) is 25.2 Å². The van der Waals surface area contributed by atoms with Gasteiger partial charge < -0.3 is 14.8 Å². The van der Waals surface area contributed by atoms with Crippen LogP contribution >= 0.6 is 0 Å². The minimum atomic E-state index is -3.69. The van der Waals surface area contributed by atoms with Gasteiger partial charge in [-0.15, -0.1) is 0 Å². The van der Waals surface area contributed by atoms with Gasteiger partial charge in [-0.2, -0.15) is 4.31 Å². The highest BCUT2D eigenvalue weighted by Crippen LogP contribution is 2.22. The monoisotopic (exact) mass is 446 g/mol. The molecule has 7 nitrogen and oxygen atoms in total. The zero-order chi connectivity index (χ0) is 22.4. The van der Waals surface area contributed by atoms with Crippen LogP contribution in [0.1, 0.15) is 36.2 Å². The van der Waals surface area contributed by atoms with E-state index in [0.717, 1.165) is 11.3 Å². The van der Waals surface area contributed by atoms with E-state index in [1.165, 1.54) is 16.4 Å². The highest BCUT2D eigenvalue weighted by molar-refractivity contribution is 7.89. The number of benzene rings is 2. The smallest absolute Gasteiger partial charge is 0.251 e. The van der Waals surface area contributed by atoms with Crippen molar-refractivity contribution in [3.05, 3.63) is 59.7 Å². The fraction of sp³-hybridized carbons (Fsp3) is 0.435. The molecule has 168 valence electrons. The van der Waals surface area contributed by atoms with E-state index in [-0.39, 0.29) is 23.0 Å². The molecule has 1 heterocycles. The topological polar surface area (TPSA) is 84.9 Å². The molecule has 2 aromatic rings. The van der Waals surface area contributed by atoms with Crippen LogP contribution in [0.5, 0.6) is 5.75 Å². The van der Waals surface area contributed by atoms with Crippen molar-refractivity contribution in [2.45, 2.75) is 44.3 Å². The molecule has 0 saturated carbocycles. The summed E-state index contributed by atoms with van der Waals surface area (Å²) in [4.78, 5) is 12.6. The number of carbonyl (C=O) groups excluding carboxylic acids is 1. The number of nitrogens with one attached hydrogen (secondary N) is 1. The van der Waals surface area contributed by atoms with Gasteiger partial charge in [0.1, 0.15) is 5.75 Å². The predicted molar refractivity (Wildman–Crippen MR) is 119 cm³/mol. The Morgan fingerprint density at radius 1 is 1.13 bits per heavy atom. The summed E-state index contributed by atoms with van der Waals surface area (Å²) in [6, 6.07) is 13.9. The number of sulfonamides is 1. The predicted octanol–water partition coefficient (Wildman–Crippen LogP) is 2.99. The number of nitrogens with zero attached hydrogens (tertiary/aromatic N) is 1. The van der Waals surface area contributed by atoms with Gasteiger partial charge in [0.25, 0.3) is 5.91 Å². The highest BCUT2D eigenvalue weighted by atomic mass is 32.2. The first-order valence-corrected chi connectivity index (χ1v) is 11.9. The number of morpholine rings is 1. The van der Waals surface area contributed by atoms with Gasteiger partial charge in [-0.25, -0.2) is 8.42 Å². The van der Waals surface area contributed by atoms with E-state index in [0.29, 0.717) is 38.2 Å². The van der Waals surface area contributed by atoms with Crippen LogP contribution in [0.15, 0.2) is 53.4 Å². The number of rotatable bonds is 8. The fourth-order valence-corrected chi connectivity index (χ4v) is 5.18. The Bertz CT molecular complexity index is 999. The number of carbonyl (C=O) groups is 1. The molecule has 1 saturated heterocycles. The summed E-state index contributed by atoms with van der Waals surface area (Å²) < 4.78 is 38.8. The number of amides is 1. The number of hydrogen-bond acceptors (Lipinski definition) is 5. The Balaban J connectivity index is 1.54. The van der Waals surface area contributed by atoms with Crippen LogP contribution in [-0.4, -0.2) is 57.1 Å². The third-order valence-electron chi connectivity index (χ3n) is 4.99. The largest absolute Gasteiger partial charge is 0.494 e. The van der Waals surface area contributed by atoms with E-state index in [1.807, 2.05) is 45.0 Å². The Hall–Kier alpha value is -2.42. The molecular weight excluding hydrogens is 416 g/mol. The van der Waals surface area contributed by atoms with Gasteiger partial charge in [-0.05, 0) is 63.1 Å². The third-order valence-corrected chi connectivity index (χ3v) is 6.81. The van der Waals surface area contributed by atoms with Crippen molar-refractivity contribution in [1.29, 1.82) is 0 Å². The molecule has 1 fully saturated rings. The van der Waals surface area contributed by atoms with Crippen LogP contribution in [0, 0.1) is 6.92 Å². The fourth-order valence-electron chi connectivity index (χ4n) is 3.55. The maximum atomic E-state index is 13.0. The number of hydrogen-bond donors (Lipinski definition) is 1. The van der Waals surface area contributed by atoms with Crippen molar-refractivity contribution < 1.29 is 22.7 Å². The van der Waals surface area contributed by atoms with Crippen LogP contribution in [0.3, 0.4) is 0 Å². The van der Waals surface area contributed by atoms with Crippen molar-refractivity contribution in [3.8, 4) is 5.75 Å². The number of aryl methyl sites for hydroxylation is 1. The molecule has 2 aromatic carbocycles. The molecule has 2 atom stereocenters. The first-order chi connectivity index (χ1) is 14.8. The average Bonchev–Trinajstić information content (AvgIpc) is 2.73. The molecule has 0 spiro atoms. The van der Waals surface area contributed by atoms with E-state index in [4.69, 9.17) is 9.47 Å². The van der Waals surface area contributed by atoms with Crippen LogP contribution in [-0.2, 0) is 14.8 Å². The standard InChI is InChI=1S/C23H30N2O5S/c1-17-7-4-9-21(13-17)29-12-6-11-24-23(26)20-8-5-10-22(14-20)31(27,28)25-15-18(2)30-19(3)16-25/h4-5,7-10,13-14,18-19H,6,11-12,15-16H2,1-3H3,(H,24,26). The maximum absolute atomic E-state index is 13.0. The quantitative estimate of drug-likeness (QED) is 0.630. The van der Waals surface area contributed by atoms with E-state index in [9.17, 15) is 13.2 Å². The number of ether oxygens (including phenoxy) is 2. The Morgan fingerprint density at radius 3 is 2.55 bits per heavy atom. The van der Waals surface area contributed by atoms with Crippen LogP contribution in [0.25, 0.3) is 0 Å². The lowest BCUT2D eigenvalue weighted by Gasteiger charge is -2.34. The summed E-state index contributed by atoms with van der Waals surface area (Å²) >= 11 is 0. The van der Waals surface area contributed by atoms with Gasteiger partial charge in [0.2, 0.25) is 10.0 Å². The second-order valence-electron chi connectivity index (χ2n) is 7.88. The average molecular weight is 447 g/mol. The van der Waals surface area contributed by atoms with Crippen molar-refractivity contribution >= 4 is 15.9 Å². The molecule has 0 radical (unpaired) electrons. The van der Waals surface area contributed by atoms with Crippen LogP contribution in [0.2, 0.25) is 0 Å². The lowest BCUT2D eigenvalue weighted by molar-refractivity contribution is -0.0440. The molecular formula is C23H30N2O5S. The molecule has 1 aliphatic heterocycles. The van der Waals surface area contributed by atoms with Gasteiger partial charge in [0.05, 0.1) is 23.7 Å². The van der Waals surface area contributed by atoms with E-state index in [1.54, 1.807) is 12.1 Å². The first kappa shape index (κ1) is 23.2. The molecule has 2 unspecified atom stereocenters. The molecule has 1 N–H and O–H groups in total. The zero-order valence-electron chi connectivity index (χ0n) is 18.2. The molecule has 8 heteroatoms. The van der Waals surface area contributed by atoms with Gasteiger partial charge in [0.15, 0.2) is 0 Å². The second-order valence-corrected chi connectivity index (χ2v) is 9.82. The molecule has 1 aliphatic rings. The lowest BCUT2D eigenvalue weighted by Crippen LogP contribution is -2.48. The van der Waals surface area contributed by atoms with E-state index < -0.39 is 10.0 Å².